The molecule has 0 atom stereocenters. The minimum atomic E-state index is -0.617. The van der Waals surface area contributed by atoms with E-state index in [0.717, 1.165) is 25.7 Å². The lowest BCUT2D eigenvalue weighted by Crippen LogP contribution is -2.34. The van der Waals surface area contributed by atoms with Gasteiger partial charge in [-0.3, -0.25) is 4.79 Å². The number of pyridine rings is 1. The van der Waals surface area contributed by atoms with E-state index < -0.39 is 11.7 Å². The molecule has 164 valence electrons. The Labute approximate surface area is 186 Å². The molecule has 0 aliphatic heterocycles. The number of ether oxygens (including phenoxy) is 2. The highest BCUT2D eigenvalue weighted by atomic mass is 35.5. The van der Waals surface area contributed by atoms with Crippen molar-refractivity contribution >= 4 is 40.1 Å². The van der Waals surface area contributed by atoms with Crippen molar-refractivity contribution < 1.29 is 14.3 Å². The number of aromatic nitrogens is 1. The third-order valence-electron chi connectivity index (χ3n) is 4.76. The van der Waals surface area contributed by atoms with Crippen molar-refractivity contribution in [2.75, 3.05) is 6.61 Å². The predicted molar refractivity (Wildman–Crippen MR) is 120 cm³/mol. The van der Waals surface area contributed by atoms with Crippen molar-refractivity contribution in [3.63, 3.8) is 0 Å². The molecule has 0 unspecified atom stereocenters. The zero-order chi connectivity index (χ0) is 22.1. The molecule has 1 aromatic heterocycles. The van der Waals surface area contributed by atoms with Crippen LogP contribution in [0.25, 0.3) is 10.8 Å². The summed E-state index contributed by atoms with van der Waals surface area (Å²) in [6, 6.07) is 3.34. The number of nitrogens with zero attached hydrogens (tertiary/aromatic N) is 1. The first kappa shape index (κ1) is 22.8. The van der Waals surface area contributed by atoms with Gasteiger partial charge in [0.1, 0.15) is 11.4 Å². The Kier molecular flexibility index (Phi) is 6.88. The quantitative estimate of drug-likeness (QED) is 0.532. The average Bonchev–Trinajstić information content (AvgIpc) is 3.47. The number of benzene rings is 1. The molecule has 30 heavy (non-hydrogen) atoms. The minimum absolute atomic E-state index is 0.0836. The first-order chi connectivity index (χ1) is 14.1. The summed E-state index contributed by atoms with van der Waals surface area (Å²) in [6.45, 7) is 8.08. The van der Waals surface area contributed by atoms with Gasteiger partial charge in [-0.25, -0.2) is 4.79 Å². The molecule has 1 heterocycles. The van der Waals surface area contributed by atoms with Crippen LogP contribution in [0.4, 0.5) is 4.79 Å². The van der Waals surface area contributed by atoms with Crippen molar-refractivity contribution in [1.29, 1.82) is 0 Å². The molecule has 1 N–H and O–H groups in total. The number of alkyl carbamates (subject to hydrolysis) is 1. The van der Waals surface area contributed by atoms with Gasteiger partial charge in [-0.2, -0.15) is 0 Å². The van der Waals surface area contributed by atoms with Gasteiger partial charge < -0.3 is 19.4 Å². The third-order valence-corrected chi connectivity index (χ3v) is 5.48. The van der Waals surface area contributed by atoms with Crippen LogP contribution in [0, 0.1) is 0 Å². The largest absolute Gasteiger partial charge is 0.491 e. The lowest BCUT2D eigenvalue weighted by Gasteiger charge is -2.22. The minimum Gasteiger partial charge on any atom is -0.491 e. The Hall–Kier alpha value is -1.92. The molecule has 0 radical (unpaired) electrons. The number of nitrogens with one attached hydrogen (secondary N) is 1. The number of rotatable bonds is 7. The monoisotopic (exact) mass is 454 g/mol. The van der Waals surface area contributed by atoms with E-state index in [9.17, 15) is 9.59 Å². The lowest BCUT2D eigenvalue weighted by molar-refractivity contribution is 0.0522. The number of unbranched alkanes of at least 4 members (excludes halogenated alkanes) is 1. The van der Waals surface area contributed by atoms with Gasteiger partial charge in [0.05, 0.1) is 34.3 Å². The first-order valence-corrected chi connectivity index (χ1v) is 11.0. The summed E-state index contributed by atoms with van der Waals surface area (Å²) < 4.78 is 13.2. The summed E-state index contributed by atoms with van der Waals surface area (Å²) in [5.41, 5.74) is -0.154. The summed E-state index contributed by atoms with van der Waals surface area (Å²) in [4.78, 5) is 25.6. The fourth-order valence-corrected chi connectivity index (χ4v) is 3.59. The van der Waals surface area contributed by atoms with Crippen LogP contribution >= 0.6 is 23.2 Å². The average molecular weight is 455 g/mol. The fourth-order valence-electron chi connectivity index (χ4n) is 3.26. The smallest absolute Gasteiger partial charge is 0.407 e. The van der Waals surface area contributed by atoms with Gasteiger partial charge in [0, 0.05) is 11.4 Å². The number of fused-ring (bicyclic) bond motifs is 1. The highest BCUT2D eigenvalue weighted by Crippen LogP contribution is 2.40. The van der Waals surface area contributed by atoms with Crippen LogP contribution in [-0.2, 0) is 11.3 Å². The molecular weight excluding hydrogens is 427 g/mol. The van der Waals surface area contributed by atoms with E-state index in [1.165, 1.54) is 0 Å². The number of hydrogen-bond donors (Lipinski definition) is 1. The molecule has 0 bridgehead atoms. The lowest BCUT2D eigenvalue weighted by atomic mass is 10.1. The van der Waals surface area contributed by atoms with Crippen LogP contribution < -0.4 is 15.6 Å². The number of amides is 1. The molecule has 0 spiro atoms. The molecule has 1 saturated carbocycles. The summed E-state index contributed by atoms with van der Waals surface area (Å²) >= 11 is 12.5. The maximum absolute atomic E-state index is 13.3. The Morgan fingerprint density at radius 2 is 1.83 bits per heavy atom. The Morgan fingerprint density at radius 3 is 2.40 bits per heavy atom. The zero-order valence-corrected chi connectivity index (χ0v) is 19.3. The zero-order valence-electron chi connectivity index (χ0n) is 17.8. The van der Waals surface area contributed by atoms with Crippen LogP contribution in [0.2, 0.25) is 10.0 Å². The van der Waals surface area contributed by atoms with E-state index in [1.54, 1.807) is 37.5 Å². The van der Waals surface area contributed by atoms with Gasteiger partial charge in [-0.05, 0) is 52.2 Å². The molecule has 1 amide bonds. The van der Waals surface area contributed by atoms with Gasteiger partial charge in [0.25, 0.3) is 5.56 Å². The van der Waals surface area contributed by atoms with Crippen LogP contribution in [0.15, 0.2) is 16.9 Å². The van der Waals surface area contributed by atoms with E-state index in [4.69, 9.17) is 32.7 Å². The van der Waals surface area contributed by atoms with Gasteiger partial charge >= 0.3 is 6.09 Å². The van der Waals surface area contributed by atoms with Gasteiger partial charge in [-0.15, -0.1) is 0 Å². The van der Waals surface area contributed by atoms with Crippen LogP contribution in [0.1, 0.15) is 65.1 Å². The normalized spacial score (nSPS) is 14.1. The van der Waals surface area contributed by atoms with Crippen molar-refractivity contribution in [1.82, 2.24) is 9.88 Å². The van der Waals surface area contributed by atoms with Gasteiger partial charge in [0.15, 0.2) is 0 Å². The van der Waals surface area contributed by atoms with Crippen molar-refractivity contribution in [3.8, 4) is 5.75 Å². The van der Waals surface area contributed by atoms with E-state index in [0.29, 0.717) is 38.9 Å². The van der Waals surface area contributed by atoms with Crippen LogP contribution in [-0.4, -0.2) is 22.9 Å². The van der Waals surface area contributed by atoms with Gasteiger partial charge in [0.2, 0.25) is 0 Å². The van der Waals surface area contributed by atoms with Crippen molar-refractivity contribution in [2.24, 2.45) is 0 Å². The maximum Gasteiger partial charge on any atom is 0.407 e. The molecule has 0 saturated heterocycles. The molecule has 1 fully saturated rings. The number of halogens is 2. The maximum atomic E-state index is 13.3. The van der Waals surface area contributed by atoms with Crippen LogP contribution in [0.5, 0.6) is 5.75 Å². The Morgan fingerprint density at radius 1 is 1.20 bits per heavy atom. The molecule has 1 aliphatic rings. The summed E-state index contributed by atoms with van der Waals surface area (Å²) in [6.07, 6.45) is 3.09. The van der Waals surface area contributed by atoms with E-state index >= 15 is 0 Å². The number of carbonyl (C=O) groups is 1. The second kappa shape index (κ2) is 9.06. The van der Waals surface area contributed by atoms with Crippen molar-refractivity contribution in [2.45, 2.75) is 71.6 Å². The number of hydrogen-bond acceptors (Lipinski definition) is 4. The Bertz CT molecular complexity index is 1010. The number of carbonyl (C=O) groups excluding carboxylic acids is 1. The molecular formula is C22H28Cl2N2O4. The second-order valence-electron chi connectivity index (χ2n) is 8.55. The van der Waals surface area contributed by atoms with E-state index in [1.807, 2.05) is 0 Å². The molecule has 1 aromatic carbocycles. The SMILES string of the molecule is CCCCOc1c(CNC(=O)OC(C)(C)C)n(C2CC2)c(=O)c2cc(Cl)c(Cl)cc12. The second-order valence-corrected chi connectivity index (χ2v) is 9.37. The highest BCUT2D eigenvalue weighted by molar-refractivity contribution is 6.42. The van der Waals surface area contributed by atoms with Crippen LogP contribution in [0.3, 0.4) is 0 Å². The third kappa shape index (κ3) is 5.22. The molecule has 6 nitrogen and oxygen atoms in total. The standard InChI is InChI=1S/C22H28Cl2N2O4/c1-5-6-9-29-19-14-10-16(23)17(24)11-15(14)20(27)26(13-7-8-13)18(19)12-25-21(28)30-22(2,3)4/h10-11,13H,5-9,12H2,1-4H3,(H,25,28). The topological polar surface area (TPSA) is 69.6 Å². The summed E-state index contributed by atoms with van der Waals surface area (Å²) in [5.74, 6) is 0.555. The van der Waals surface area contributed by atoms with Gasteiger partial charge in [-0.1, -0.05) is 36.5 Å². The predicted octanol–water partition coefficient (Wildman–Crippen LogP) is 5.85. The van der Waals surface area contributed by atoms with Crippen molar-refractivity contribution in [3.05, 3.63) is 38.2 Å². The first-order valence-electron chi connectivity index (χ1n) is 10.3. The molecule has 1 aliphatic carbocycles. The van der Waals surface area contributed by atoms with E-state index in [2.05, 4.69) is 12.2 Å². The Balaban J connectivity index is 2.10. The fraction of sp³-hybridized carbons (Fsp3) is 0.545. The highest BCUT2D eigenvalue weighted by Gasteiger charge is 2.31. The summed E-state index contributed by atoms with van der Waals surface area (Å²) in [7, 11) is 0. The molecule has 2 aromatic rings. The molecule has 8 heteroatoms. The van der Waals surface area contributed by atoms with E-state index in [-0.39, 0.29) is 18.1 Å². The summed E-state index contributed by atoms with van der Waals surface area (Å²) in [5, 5.41) is 4.50. The molecule has 3 rings (SSSR count).